The largest absolute Gasteiger partial charge is 0.497 e. The van der Waals surface area contributed by atoms with E-state index in [4.69, 9.17) is 35.5 Å². The van der Waals surface area contributed by atoms with E-state index in [1.165, 1.54) is 25.6 Å². The van der Waals surface area contributed by atoms with E-state index in [0.29, 0.717) is 49.1 Å². The Bertz CT molecular complexity index is 1370. The van der Waals surface area contributed by atoms with Crippen LogP contribution in [0.3, 0.4) is 0 Å². The molecule has 0 fully saturated rings. The summed E-state index contributed by atoms with van der Waals surface area (Å²) in [6.07, 6.45) is 1.70. The van der Waals surface area contributed by atoms with Gasteiger partial charge in [0.1, 0.15) is 15.8 Å². The van der Waals surface area contributed by atoms with E-state index in [0.717, 1.165) is 0 Å². The highest BCUT2D eigenvalue weighted by molar-refractivity contribution is 7.20. The number of allylic oxidation sites excluding steroid dienone is 2. The first-order chi connectivity index (χ1) is 16.7. The molecule has 3 aromatic rings. The van der Waals surface area contributed by atoms with Gasteiger partial charge in [-0.25, -0.2) is 14.6 Å². The number of benzene rings is 1. The van der Waals surface area contributed by atoms with Crippen molar-refractivity contribution in [2.24, 2.45) is 0 Å². The van der Waals surface area contributed by atoms with E-state index >= 15 is 0 Å². The van der Waals surface area contributed by atoms with Crippen LogP contribution in [0.1, 0.15) is 25.5 Å². The number of fused-ring (bicyclic) bond motifs is 1. The Kier molecular flexibility index (Phi) is 6.77. The van der Waals surface area contributed by atoms with Gasteiger partial charge in [0, 0.05) is 23.2 Å². The second-order valence-electron chi connectivity index (χ2n) is 7.72. The first kappa shape index (κ1) is 24.6. The molecule has 0 saturated carbocycles. The van der Waals surface area contributed by atoms with Gasteiger partial charge in [-0.3, -0.25) is 4.40 Å². The van der Waals surface area contributed by atoms with Crippen molar-refractivity contribution in [1.82, 2.24) is 14.7 Å². The molecule has 1 aliphatic rings. The van der Waals surface area contributed by atoms with E-state index in [2.05, 4.69) is 5.32 Å². The molecule has 1 N–H and O–H groups in total. The lowest BCUT2D eigenvalue weighted by atomic mass is 9.81. The number of hydrogen-bond donors (Lipinski definition) is 1. The van der Waals surface area contributed by atoms with Crippen molar-refractivity contribution >= 4 is 39.8 Å². The van der Waals surface area contributed by atoms with Gasteiger partial charge in [0.2, 0.25) is 0 Å². The topological polar surface area (TPSA) is 100 Å². The van der Waals surface area contributed by atoms with Crippen molar-refractivity contribution in [3.05, 3.63) is 57.0 Å². The number of carbonyl (C=O) groups excluding carboxylic acids is 2. The number of nitrogens with one attached hydrogen (secondary N) is 1. The van der Waals surface area contributed by atoms with Crippen LogP contribution in [-0.2, 0) is 19.1 Å². The molecule has 0 amide bonds. The van der Waals surface area contributed by atoms with Crippen molar-refractivity contribution in [3.8, 4) is 22.8 Å². The zero-order valence-corrected chi connectivity index (χ0v) is 21.6. The number of methoxy groups -OCH3 is 4. The van der Waals surface area contributed by atoms with Crippen LogP contribution < -0.4 is 14.8 Å². The van der Waals surface area contributed by atoms with Gasteiger partial charge in [0.05, 0.1) is 56.9 Å². The number of nitrogens with zero attached hydrogens (tertiary/aromatic N) is 2. The third-order valence-electron chi connectivity index (χ3n) is 5.84. The zero-order chi connectivity index (χ0) is 25.4. The van der Waals surface area contributed by atoms with Gasteiger partial charge in [-0.1, -0.05) is 22.9 Å². The minimum atomic E-state index is -0.872. The van der Waals surface area contributed by atoms with Gasteiger partial charge < -0.3 is 24.3 Å². The second kappa shape index (κ2) is 9.63. The lowest BCUT2D eigenvalue weighted by molar-refractivity contribution is -0.137. The molecule has 0 saturated heterocycles. The van der Waals surface area contributed by atoms with Crippen molar-refractivity contribution in [2.75, 3.05) is 28.4 Å². The van der Waals surface area contributed by atoms with Gasteiger partial charge in [0.15, 0.2) is 4.96 Å². The van der Waals surface area contributed by atoms with Gasteiger partial charge in [-0.05, 0) is 32.0 Å². The highest BCUT2D eigenvalue weighted by atomic mass is 35.5. The molecule has 1 aromatic carbocycles. The summed E-state index contributed by atoms with van der Waals surface area (Å²) >= 11 is 7.61. The van der Waals surface area contributed by atoms with E-state index in [9.17, 15) is 9.59 Å². The van der Waals surface area contributed by atoms with Gasteiger partial charge in [0.25, 0.3) is 0 Å². The maximum absolute atomic E-state index is 13.1. The smallest absolute Gasteiger partial charge is 0.336 e. The molecule has 0 radical (unpaired) electrons. The van der Waals surface area contributed by atoms with E-state index in [-0.39, 0.29) is 11.1 Å². The fraction of sp³-hybridized carbons (Fsp3) is 0.292. The number of ether oxygens (including phenoxy) is 4. The van der Waals surface area contributed by atoms with Crippen LogP contribution in [0.2, 0.25) is 4.34 Å². The normalized spacial score (nSPS) is 14.3. The van der Waals surface area contributed by atoms with Crippen LogP contribution in [0.25, 0.3) is 16.2 Å². The minimum Gasteiger partial charge on any atom is -0.497 e. The van der Waals surface area contributed by atoms with Crippen LogP contribution in [0, 0.1) is 0 Å². The fourth-order valence-corrected chi connectivity index (χ4v) is 5.36. The maximum Gasteiger partial charge on any atom is 0.336 e. The van der Waals surface area contributed by atoms with Crippen LogP contribution in [-0.4, -0.2) is 49.8 Å². The maximum atomic E-state index is 13.1. The zero-order valence-electron chi connectivity index (χ0n) is 20.0. The summed E-state index contributed by atoms with van der Waals surface area (Å²) in [7, 11) is 5.70. The summed E-state index contributed by atoms with van der Waals surface area (Å²) in [4.78, 5) is 31.6. The number of dihydropyridines is 1. The molecule has 0 aliphatic carbocycles. The molecular formula is C24H24ClN3O6S. The first-order valence-electron chi connectivity index (χ1n) is 10.5. The predicted molar refractivity (Wildman–Crippen MR) is 132 cm³/mol. The first-order valence-corrected chi connectivity index (χ1v) is 11.7. The number of aromatic nitrogens is 2. The fourth-order valence-electron chi connectivity index (χ4n) is 4.34. The lowest BCUT2D eigenvalue weighted by Gasteiger charge is -2.30. The number of thiazole rings is 1. The summed E-state index contributed by atoms with van der Waals surface area (Å²) < 4.78 is 23.6. The Hall–Kier alpha value is -3.50. The lowest BCUT2D eigenvalue weighted by Crippen LogP contribution is -2.32. The van der Waals surface area contributed by atoms with Crippen LogP contribution >= 0.6 is 22.9 Å². The third-order valence-corrected chi connectivity index (χ3v) is 6.94. The van der Waals surface area contributed by atoms with Crippen LogP contribution in [0.5, 0.6) is 11.5 Å². The number of rotatable bonds is 6. The number of halogens is 1. The Morgan fingerprint density at radius 3 is 2.20 bits per heavy atom. The standard InChI is InChI=1S/C24H24ClN3O6S/c1-11-17(22(29)33-5)19(18(12(2)26-11)23(30)34-6)21-20(27-24-28(21)10-16(25)35-24)14-9-13(31-3)7-8-15(14)32-4/h7-10,19,26H,1-6H3. The molecule has 184 valence electrons. The van der Waals surface area contributed by atoms with E-state index in [1.807, 2.05) is 0 Å². The molecule has 11 heteroatoms. The highest BCUT2D eigenvalue weighted by Crippen LogP contribution is 2.46. The van der Waals surface area contributed by atoms with E-state index in [1.54, 1.807) is 56.9 Å². The number of carbonyl (C=O) groups is 2. The van der Waals surface area contributed by atoms with Gasteiger partial charge in [-0.2, -0.15) is 0 Å². The Labute approximate surface area is 210 Å². The Morgan fingerprint density at radius 1 is 1.03 bits per heavy atom. The average molecular weight is 518 g/mol. The SMILES string of the molecule is COC(=O)C1=C(C)NC(C)=C(C(=O)OC)C1c1c(-c2cc(OC)ccc2OC)nc2sc(Cl)cn12. The molecule has 3 heterocycles. The molecule has 9 nitrogen and oxygen atoms in total. The van der Waals surface area contributed by atoms with Crippen molar-refractivity contribution in [2.45, 2.75) is 19.8 Å². The molecule has 35 heavy (non-hydrogen) atoms. The molecule has 0 spiro atoms. The molecule has 0 bridgehead atoms. The Morgan fingerprint density at radius 2 is 1.66 bits per heavy atom. The van der Waals surface area contributed by atoms with Crippen LogP contribution in [0.15, 0.2) is 46.9 Å². The average Bonchev–Trinajstić information content (AvgIpc) is 3.37. The minimum absolute atomic E-state index is 0.255. The highest BCUT2D eigenvalue weighted by Gasteiger charge is 2.41. The third kappa shape index (κ3) is 4.12. The summed E-state index contributed by atoms with van der Waals surface area (Å²) in [5.74, 6) is -0.921. The van der Waals surface area contributed by atoms with Crippen LogP contribution in [0.4, 0.5) is 0 Å². The number of hydrogen-bond acceptors (Lipinski definition) is 9. The number of imidazole rings is 1. The summed E-state index contributed by atoms with van der Waals surface area (Å²) in [6, 6.07) is 5.33. The van der Waals surface area contributed by atoms with Gasteiger partial charge in [-0.15, -0.1) is 0 Å². The summed E-state index contributed by atoms with van der Waals surface area (Å²) in [5, 5.41) is 3.11. The van der Waals surface area contributed by atoms with E-state index < -0.39 is 17.9 Å². The van der Waals surface area contributed by atoms with Crippen molar-refractivity contribution in [3.63, 3.8) is 0 Å². The van der Waals surface area contributed by atoms with Crippen molar-refractivity contribution < 1.29 is 28.5 Å². The summed E-state index contributed by atoms with van der Waals surface area (Å²) in [5.41, 5.74) is 3.26. The van der Waals surface area contributed by atoms with Gasteiger partial charge >= 0.3 is 11.9 Å². The molecule has 0 unspecified atom stereocenters. The monoisotopic (exact) mass is 517 g/mol. The molecule has 4 rings (SSSR count). The molecule has 2 aromatic heterocycles. The predicted octanol–water partition coefficient (Wildman–Crippen LogP) is 4.31. The quantitative estimate of drug-likeness (QED) is 0.483. The summed E-state index contributed by atoms with van der Waals surface area (Å²) in [6.45, 7) is 3.50. The Balaban J connectivity index is 2.13. The number of esters is 2. The molecular weight excluding hydrogens is 494 g/mol. The molecule has 1 aliphatic heterocycles. The van der Waals surface area contributed by atoms with Crippen molar-refractivity contribution in [1.29, 1.82) is 0 Å². The molecule has 0 atom stereocenters. The second-order valence-corrected chi connectivity index (χ2v) is 9.36.